The van der Waals surface area contributed by atoms with E-state index in [4.69, 9.17) is 11.6 Å². The van der Waals surface area contributed by atoms with Crippen LogP contribution < -0.4 is 5.32 Å². The zero-order valence-electron chi connectivity index (χ0n) is 20.2. The molecular weight excluding hydrogens is 512 g/mol. The number of rotatable bonds is 8. The molecule has 2 fully saturated rings. The van der Waals surface area contributed by atoms with E-state index in [2.05, 4.69) is 10.3 Å². The Kier molecular flexibility index (Phi) is 7.02. The Bertz CT molecular complexity index is 1390. The van der Waals surface area contributed by atoms with Crippen molar-refractivity contribution >= 4 is 33.4 Å². The monoisotopic (exact) mass is 538 g/mol. The van der Waals surface area contributed by atoms with Crippen molar-refractivity contribution in [1.29, 1.82) is 0 Å². The third kappa shape index (κ3) is 5.53. The van der Waals surface area contributed by atoms with Crippen LogP contribution in [0.25, 0.3) is 0 Å². The molecule has 0 spiro atoms. The normalized spacial score (nSPS) is 20.5. The number of nitrogens with zero attached hydrogens (tertiary/aromatic N) is 3. The van der Waals surface area contributed by atoms with Crippen molar-refractivity contribution in [2.24, 2.45) is 11.8 Å². The van der Waals surface area contributed by atoms with Gasteiger partial charge in [0.2, 0.25) is 15.9 Å². The standard InChI is InChI=1S/C27H27ClN4O4S/c1-18(33)31-16-24-25(17-31)26(24)30-27(34)21-6-4-19(5-7-21)14-32(15-20-3-2-12-29-13-20)37(35,36)23-10-8-22(28)9-11-23/h2-13,24-26H,14-17H2,1H3,(H,30,34)/t24-,25+,26?. The highest BCUT2D eigenvalue weighted by Gasteiger charge is 2.57. The molecule has 3 atom stereocenters. The lowest BCUT2D eigenvalue weighted by molar-refractivity contribution is -0.128. The molecule has 2 heterocycles. The minimum atomic E-state index is -3.83. The molecule has 2 amide bonds. The fourth-order valence-corrected chi connectivity index (χ4v) is 6.42. The molecule has 1 aromatic heterocycles. The van der Waals surface area contributed by atoms with Crippen LogP contribution in [0, 0.1) is 11.8 Å². The van der Waals surface area contributed by atoms with Crippen molar-refractivity contribution < 1.29 is 18.0 Å². The van der Waals surface area contributed by atoms with E-state index in [9.17, 15) is 18.0 Å². The number of piperidine rings is 1. The van der Waals surface area contributed by atoms with Gasteiger partial charge in [0.1, 0.15) is 0 Å². The molecule has 2 aliphatic rings. The third-order valence-electron chi connectivity index (χ3n) is 7.05. The summed E-state index contributed by atoms with van der Waals surface area (Å²) in [5.41, 5.74) is 2.02. The van der Waals surface area contributed by atoms with E-state index in [0.717, 1.165) is 11.1 Å². The Morgan fingerprint density at radius 2 is 1.65 bits per heavy atom. The van der Waals surface area contributed by atoms with Crippen LogP contribution in [0.3, 0.4) is 0 Å². The molecule has 5 rings (SSSR count). The van der Waals surface area contributed by atoms with Crippen molar-refractivity contribution in [3.63, 3.8) is 0 Å². The number of benzene rings is 2. The van der Waals surface area contributed by atoms with Crippen molar-refractivity contribution in [1.82, 2.24) is 19.5 Å². The average Bonchev–Trinajstić information content (AvgIpc) is 3.31. The molecular formula is C27H27ClN4O4S. The molecule has 1 N–H and O–H groups in total. The van der Waals surface area contributed by atoms with Crippen LogP contribution in [0.15, 0.2) is 78.0 Å². The van der Waals surface area contributed by atoms with Gasteiger partial charge in [0, 0.05) is 74.0 Å². The molecule has 2 aromatic carbocycles. The second-order valence-electron chi connectivity index (χ2n) is 9.54. The number of fused-ring (bicyclic) bond motifs is 1. The fraction of sp³-hybridized carbons (Fsp3) is 0.296. The molecule has 192 valence electrons. The topological polar surface area (TPSA) is 99.7 Å². The molecule has 8 nitrogen and oxygen atoms in total. The Hall–Kier alpha value is -3.27. The minimum Gasteiger partial charge on any atom is -0.349 e. The maximum atomic E-state index is 13.5. The highest BCUT2D eigenvalue weighted by Crippen LogP contribution is 2.45. The highest BCUT2D eigenvalue weighted by atomic mass is 35.5. The van der Waals surface area contributed by atoms with Gasteiger partial charge in [0.25, 0.3) is 5.91 Å². The van der Waals surface area contributed by atoms with E-state index >= 15 is 0 Å². The first-order valence-electron chi connectivity index (χ1n) is 12.0. The summed E-state index contributed by atoms with van der Waals surface area (Å²) in [6.07, 6.45) is 3.28. The zero-order valence-corrected chi connectivity index (χ0v) is 21.8. The average molecular weight is 539 g/mol. The van der Waals surface area contributed by atoms with Crippen molar-refractivity contribution in [2.75, 3.05) is 13.1 Å². The Labute approximate surface area is 221 Å². The molecule has 0 bridgehead atoms. The molecule has 1 unspecified atom stereocenters. The Morgan fingerprint density at radius 3 is 2.24 bits per heavy atom. The number of carbonyl (C=O) groups is 2. The van der Waals surface area contributed by atoms with Crippen LogP contribution >= 0.6 is 11.6 Å². The van der Waals surface area contributed by atoms with E-state index < -0.39 is 10.0 Å². The van der Waals surface area contributed by atoms with E-state index in [1.807, 2.05) is 11.0 Å². The Morgan fingerprint density at radius 1 is 1.00 bits per heavy atom. The van der Waals surface area contributed by atoms with Crippen molar-refractivity contribution in [3.05, 3.63) is 94.8 Å². The van der Waals surface area contributed by atoms with E-state index in [-0.39, 0.29) is 35.8 Å². The predicted octanol–water partition coefficient (Wildman–Crippen LogP) is 3.33. The number of aromatic nitrogens is 1. The van der Waals surface area contributed by atoms with E-state index in [1.54, 1.807) is 61.8 Å². The number of hydrogen-bond acceptors (Lipinski definition) is 5. The van der Waals surface area contributed by atoms with Crippen LogP contribution in [-0.4, -0.2) is 53.6 Å². The summed E-state index contributed by atoms with van der Waals surface area (Å²) in [6.45, 7) is 3.22. The minimum absolute atomic E-state index is 0.0727. The van der Waals surface area contributed by atoms with Gasteiger partial charge in [0.05, 0.1) is 4.90 Å². The number of carbonyl (C=O) groups excluding carboxylic acids is 2. The van der Waals surface area contributed by atoms with E-state index in [0.29, 0.717) is 35.5 Å². The second-order valence-corrected chi connectivity index (χ2v) is 11.9. The molecule has 1 saturated heterocycles. The second kappa shape index (κ2) is 10.2. The molecule has 1 aliphatic heterocycles. The van der Waals surface area contributed by atoms with Gasteiger partial charge in [-0.3, -0.25) is 14.6 Å². The van der Waals surface area contributed by atoms with Gasteiger partial charge in [-0.25, -0.2) is 8.42 Å². The first-order chi connectivity index (χ1) is 17.7. The number of halogens is 1. The Balaban J connectivity index is 1.28. The van der Waals surface area contributed by atoms with Crippen molar-refractivity contribution in [3.8, 4) is 0 Å². The number of likely N-dealkylation sites (tertiary alicyclic amines) is 1. The quantitative estimate of drug-likeness (QED) is 0.474. The zero-order chi connectivity index (χ0) is 26.2. The maximum Gasteiger partial charge on any atom is 0.251 e. The van der Waals surface area contributed by atoms with Gasteiger partial charge in [-0.2, -0.15) is 4.31 Å². The van der Waals surface area contributed by atoms with Crippen LogP contribution in [0.5, 0.6) is 0 Å². The molecule has 0 radical (unpaired) electrons. The van der Waals surface area contributed by atoms with Crippen LogP contribution in [0.4, 0.5) is 0 Å². The summed E-state index contributed by atoms with van der Waals surface area (Å²) in [7, 11) is -3.83. The SMILES string of the molecule is CC(=O)N1C[C@@H]2C(NC(=O)c3ccc(CN(Cc4cccnc4)S(=O)(=O)c4ccc(Cl)cc4)cc3)[C@@H]2C1. The summed E-state index contributed by atoms with van der Waals surface area (Å²) in [5.74, 6) is 0.558. The van der Waals surface area contributed by atoms with Gasteiger partial charge in [-0.1, -0.05) is 29.8 Å². The van der Waals surface area contributed by atoms with E-state index in [1.165, 1.54) is 16.4 Å². The van der Waals surface area contributed by atoms with Gasteiger partial charge < -0.3 is 10.2 Å². The van der Waals surface area contributed by atoms with Gasteiger partial charge >= 0.3 is 0 Å². The lowest BCUT2D eigenvalue weighted by atomic mass is 10.1. The van der Waals surface area contributed by atoms with Crippen LogP contribution in [-0.2, 0) is 27.9 Å². The molecule has 3 aromatic rings. The van der Waals surface area contributed by atoms with Gasteiger partial charge in [0.15, 0.2) is 0 Å². The first-order valence-corrected chi connectivity index (χ1v) is 13.8. The van der Waals surface area contributed by atoms with Gasteiger partial charge in [-0.15, -0.1) is 0 Å². The molecule has 37 heavy (non-hydrogen) atoms. The molecule has 10 heteroatoms. The summed E-state index contributed by atoms with van der Waals surface area (Å²) in [4.78, 5) is 30.4. The molecule has 1 saturated carbocycles. The van der Waals surface area contributed by atoms with Crippen molar-refractivity contribution in [2.45, 2.75) is 31.0 Å². The number of sulfonamides is 1. The fourth-order valence-electron chi connectivity index (χ4n) is 4.87. The third-order valence-corrected chi connectivity index (χ3v) is 9.10. The number of amides is 2. The summed E-state index contributed by atoms with van der Waals surface area (Å²) in [6, 6.07) is 16.7. The predicted molar refractivity (Wildman–Crippen MR) is 139 cm³/mol. The summed E-state index contributed by atoms with van der Waals surface area (Å²) in [5, 5.41) is 3.53. The smallest absolute Gasteiger partial charge is 0.251 e. The van der Waals surface area contributed by atoms with Crippen LogP contribution in [0.1, 0.15) is 28.4 Å². The lowest BCUT2D eigenvalue weighted by Gasteiger charge is -2.22. The molecule has 1 aliphatic carbocycles. The van der Waals surface area contributed by atoms with Crippen LogP contribution in [0.2, 0.25) is 5.02 Å². The number of pyridine rings is 1. The number of nitrogens with one attached hydrogen (secondary N) is 1. The lowest BCUT2D eigenvalue weighted by Crippen LogP contribution is -2.36. The maximum absolute atomic E-state index is 13.5. The largest absolute Gasteiger partial charge is 0.349 e. The van der Waals surface area contributed by atoms with Gasteiger partial charge in [-0.05, 0) is 53.6 Å². The highest BCUT2D eigenvalue weighted by molar-refractivity contribution is 7.89. The summed E-state index contributed by atoms with van der Waals surface area (Å²) >= 11 is 5.96. The summed E-state index contributed by atoms with van der Waals surface area (Å²) < 4.78 is 28.4. The first kappa shape index (κ1) is 25.4. The number of hydrogen-bond donors (Lipinski definition) is 1.